The number of H-pyrrole nitrogens is 1. The molecule has 0 aliphatic rings. The molecule has 90 valence electrons. The number of benzene rings is 1. The minimum atomic E-state index is 0.534. The highest BCUT2D eigenvalue weighted by molar-refractivity contribution is 6.30. The SMILES string of the molecule is COc1ccc(Cl)cc1CNCc1nn[nH]n1. The van der Waals surface area contributed by atoms with E-state index in [9.17, 15) is 0 Å². The Hall–Kier alpha value is -1.66. The molecule has 0 saturated carbocycles. The number of rotatable bonds is 5. The van der Waals surface area contributed by atoms with E-state index in [4.69, 9.17) is 16.3 Å². The second-order valence-corrected chi connectivity index (χ2v) is 3.82. The van der Waals surface area contributed by atoms with E-state index in [0.29, 0.717) is 23.9 Å². The topological polar surface area (TPSA) is 75.7 Å². The third kappa shape index (κ3) is 3.15. The maximum absolute atomic E-state index is 5.93. The van der Waals surface area contributed by atoms with Crippen LogP contribution in [0.2, 0.25) is 5.02 Å². The fourth-order valence-corrected chi connectivity index (χ4v) is 1.65. The molecule has 2 aromatic rings. The monoisotopic (exact) mass is 253 g/mol. The molecule has 2 rings (SSSR count). The summed E-state index contributed by atoms with van der Waals surface area (Å²) in [5, 5.41) is 17.4. The van der Waals surface area contributed by atoms with E-state index in [0.717, 1.165) is 11.3 Å². The highest BCUT2D eigenvalue weighted by atomic mass is 35.5. The molecule has 0 spiro atoms. The zero-order valence-corrected chi connectivity index (χ0v) is 10.0. The van der Waals surface area contributed by atoms with Gasteiger partial charge in [0.25, 0.3) is 0 Å². The third-order valence-electron chi connectivity index (χ3n) is 2.23. The summed E-state index contributed by atoms with van der Waals surface area (Å²) in [6, 6.07) is 5.50. The van der Waals surface area contributed by atoms with Crippen molar-refractivity contribution in [3.05, 3.63) is 34.6 Å². The average Bonchev–Trinajstić information content (AvgIpc) is 2.82. The van der Waals surface area contributed by atoms with Gasteiger partial charge in [0.2, 0.25) is 0 Å². The van der Waals surface area contributed by atoms with Crippen molar-refractivity contribution in [2.45, 2.75) is 13.1 Å². The first kappa shape index (κ1) is 11.8. The highest BCUT2D eigenvalue weighted by Gasteiger charge is 2.04. The second-order valence-electron chi connectivity index (χ2n) is 3.39. The molecule has 0 aliphatic carbocycles. The highest BCUT2D eigenvalue weighted by Crippen LogP contribution is 2.22. The molecule has 2 N–H and O–H groups in total. The van der Waals surface area contributed by atoms with Crippen molar-refractivity contribution in [3.63, 3.8) is 0 Å². The zero-order chi connectivity index (χ0) is 12.1. The molecule has 0 bridgehead atoms. The van der Waals surface area contributed by atoms with Gasteiger partial charge in [-0.05, 0) is 18.2 Å². The van der Waals surface area contributed by atoms with Crippen molar-refractivity contribution in [2.75, 3.05) is 7.11 Å². The molecule has 0 radical (unpaired) electrons. The Balaban J connectivity index is 1.96. The Morgan fingerprint density at radius 3 is 3.00 bits per heavy atom. The molecule has 0 amide bonds. The molecule has 0 saturated heterocycles. The van der Waals surface area contributed by atoms with Gasteiger partial charge in [0.1, 0.15) is 5.75 Å². The van der Waals surface area contributed by atoms with Crippen LogP contribution in [-0.2, 0) is 13.1 Å². The van der Waals surface area contributed by atoms with Crippen molar-refractivity contribution in [1.82, 2.24) is 25.9 Å². The Kier molecular flexibility index (Phi) is 3.89. The summed E-state index contributed by atoms with van der Waals surface area (Å²) < 4.78 is 5.24. The van der Waals surface area contributed by atoms with Gasteiger partial charge >= 0.3 is 0 Å². The van der Waals surface area contributed by atoms with Crippen LogP contribution in [0.15, 0.2) is 18.2 Å². The Morgan fingerprint density at radius 2 is 2.29 bits per heavy atom. The number of halogens is 1. The number of aromatic nitrogens is 4. The summed E-state index contributed by atoms with van der Waals surface area (Å²) in [6.07, 6.45) is 0. The molecule has 1 aromatic heterocycles. The lowest BCUT2D eigenvalue weighted by atomic mass is 10.2. The summed E-state index contributed by atoms with van der Waals surface area (Å²) in [5.41, 5.74) is 0.989. The summed E-state index contributed by atoms with van der Waals surface area (Å²) >= 11 is 5.93. The minimum Gasteiger partial charge on any atom is -0.496 e. The minimum absolute atomic E-state index is 0.534. The van der Waals surface area contributed by atoms with Gasteiger partial charge in [0.05, 0.1) is 13.7 Å². The van der Waals surface area contributed by atoms with Gasteiger partial charge in [0, 0.05) is 17.1 Å². The van der Waals surface area contributed by atoms with Gasteiger partial charge < -0.3 is 10.1 Å². The van der Waals surface area contributed by atoms with Crippen LogP contribution >= 0.6 is 11.6 Å². The van der Waals surface area contributed by atoms with Crippen LogP contribution in [0.25, 0.3) is 0 Å². The van der Waals surface area contributed by atoms with E-state index in [1.807, 2.05) is 12.1 Å². The first-order valence-corrected chi connectivity index (χ1v) is 5.43. The number of nitrogens with zero attached hydrogens (tertiary/aromatic N) is 3. The lowest BCUT2D eigenvalue weighted by molar-refractivity contribution is 0.407. The van der Waals surface area contributed by atoms with E-state index in [2.05, 4.69) is 25.9 Å². The van der Waals surface area contributed by atoms with E-state index in [1.54, 1.807) is 13.2 Å². The normalized spacial score (nSPS) is 10.5. The summed E-state index contributed by atoms with van der Waals surface area (Å²) in [5.74, 6) is 1.42. The fourth-order valence-electron chi connectivity index (χ4n) is 1.45. The fraction of sp³-hybridized carbons (Fsp3) is 0.300. The van der Waals surface area contributed by atoms with E-state index in [1.165, 1.54) is 0 Å². The van der Waals surface area contributed by atoms with Gasteiger partial charge in [-0.25, -0.2) is 0 Å². The molecule has 6 nitrogen and oxygen atoms in total. The molecule has 7 heteroatoms. The molecule has 0 fully saturated rings. The second kappa shape index (κ2) is 5.60. The summed E-state index contributed by atoms with van der Waals surface area (Å²) in [4.78, 5) is 0. The number of hydrogen-bond acceptors (Lipinski definition) is 5. The average molecular weight is 254 g/mol. The standard InChI is InChI=1S/C10H12ClN5O/c1-17-9-3-2-8(11)4-7(9)5-12-6-10-13-15-16-14-10/h2-4,12H,5-6H2,1H3,(H,13,14,15,16). The van der Waals surface area contributed by atoms with Crippen LogP contribution in [0.5, 0.6) is 5.75 Å². The number of tetrazole rings is 1. The molecule has 17 heavy (non-hydrogen) atoms. The molecular formula is C10H12ClN5O. The van der Waals surface area contributed by atoms with Crippen LogP contribution in [-0.4, -0.2) is 27.7 Å². The quantitative estimate of drug-likeness (QED) is 0.836. The van der Waals surface area contributed by atoms with Crippen LogP contribution in [0, 0.1) is 0 Å². The Labute approximate surface area is 103 Å². The van der Waals surface area contributed by atoms with Gasteiger partial charge in [-0.3, -0.25) is 0 Å². The van der Waals surface area contributed by atoms with Crippen molar-refractivity contribution in [2.24, 2.45) is 0 Å². The van der Waals surface area contributed by atoms with Crippen LogP contribution in [0.1, 0.15) is 11.4 Å². The number of aromatic amines is 1. The smallest absolute Gasteiger partial charge is 0.188 e. The maximum Gasteiger partial charge on any atom is 0.188 e. The van der Waals surface area contributed by atoms with Crippen LogP contribution in [0.4, 0.5) is 0 Å². The summed E-state index contributed by atoms with van der Waals surface area (Å²) in [7, 11) is 1.63. The van der Waals surface area contributed by atoms with Crippen LogP contribution < -0.4 is 10.1 Å². The summed E-state index contributed by atoms with van der Waals surface area (Å²) in [6.45, 7) is 1.16. The Bertz CT molecular complexity index is 474. The maximum atomic E-state index is 5.93. The van der Waals surface area contributed by atoms with Gasteiger partial charge in [-0.2, -0.15) is 5.21 Å². The predicted molar refractivity (Wildman–Crippen MR) is 62.7 cm³/mol. The van der Waals surface area contributed by atoms with Crippen molar-refractivity contribution in [3.8, 4) is 5.75 Å². The molecule has 1 aromatic carbocycles. The lowest BCUT2D eigenvalue weighted by Gasteiger charge is -2.09. The van der Waals surface area contributed by atoms with Crippen molar-refractivity contribution >= 4 is 11.6 Å². The molecule has 0 unspecified atom stereocenters. The first-order chi connectivity index (χ1) is 8.29. The van der Waals surface area contributed by atoms with E-state index in [-0.39, 0.29) is 0 Å². The van der Waals surface area contributed by atoms with Gasteiger partial charge in [-0.15, -0.1) is 10.2 Å². The van der Waals surface area contributed by atoms with Crippen LogP contribution in [0.3, 0.4) is 0 Å². The third-order valence-corrected chi connectivity index (χ3v) is 2.47. The lowest BCUT2D eigenvalue weighted by Crippen LogP contribution is -2.14. The first-order valence-electron chi connectivity index (χ1n) is 5.05. The van der Waals surface area contributed by atoms with E-state index >= 15 is 0 Å². The molecule has 0 atom stereocenters. The van der Waals surface area contributed by atoms with Gasteiger partial charge in [0.15, 0.2) is 5.82 Å². The molecule has 1 heterocycles. The molecular weight excluding hydrogens is 242 g/mol. The Morgan fingerprint density at radius 1 is 1.41 bits per heavy atom. The largest absolute Gasteiger partial charge is 0.496 e. The van der Waals surface area contributed by atoms with Gasteiger partial charge in [-0.1, -0.05) is 16.8 Å². The van der Waals surface area contributed by atoms with Crippen molar-refractivity contribution in [1.29, 1.82) is 0 Å². The number of hydrogen-bond donors (Lipinski definition) is 2. The number of nitrogens with one attached hydrogen (secondary N) is 2. The number of ether oxygens (including phenoxy) is 1. The molecule has 0 aliphatic heterocycles. The number of methoxy groups -OCH3 is 1. The van der Waals surface area contributed by atoms with Crippen molar-refractivity contribution < 1.29 is 4.74 Å². The van der Waals surface area contributed by atoms with E-state index < -0.39 is 0 Å². The zero-order valence-electron chi connectivity index (χ0n) is 9.27. The predicted octanol–water partition coefficient (Wildman–Crippen LogP) is 1.15.